The van der Waals surface area contributed by atoms with Crippen LogP contribution in [0.1, 0.15) is 71.4 Å². The molecule has 0 unspecified atom stereocenters. The second-order valence-corrected chi connectivity index (χ2v) is 10.1. The molecule has 0 aliphatic rings. The molecule has 0 saturated heterocycles. The maximum absolute atomic E-state index is 12.4. The topological polar surface area (TPSA) is 46.6 Å². The normalized spacial score (nSPS) is 11.2. The van der Waals surface area contributed by atoms with Gasteiger partial charge in [0, 0.05) is 20.0 Å². The van der Waals surface area contributed by atoms with Crippen LogP contribution in [-0.2, 0) is 34.6 Å². The number of nitrogens with zero attached hydrogens (tertiary/aromatic N) is 1. The minimum Gasteiger partial charge on any atom is -0.457 e. The van der Waals surface area contributed by atoms with E-state index in [1.165, 1.54) is 16.7 Å². The van der Waals surface area contributed by atoms with Gasteiger partial charge in [0.25, 0.3) is 0 Å². The summed E-state index contributed by atoms with van der Waals surface area (Å²) in [6, 6.07) is 21.8. The Morgan fingerprint density at radius 3 is 1.82 bits per heavy atom. The summed E-state index contributed by atoms with van der Waals surface area (Å²) in [4.78, 5) is 26.5. The van der Waals surface area contributed by atoms with Gasteiger partial charge in [0.05, 0.1) is 5.56 Å². The van der Waals surface area contributed by atoms with E-state index >= 15 is 0 Å². The van der Waals surface area contributed by atoms with Crippen molar-refractivity contribution >= 4 is 11.9 Å². The third-order valence-corrected chi connectivity index (χ3v) is 5.85. The molecule has 3 aromatic carbocycles. The third-order valence-electron chi connectivity index (χ3n) is 5.85. The summed E-state index contributed by atoms with van der Waals surface area (Å²) in [5, 5.41) is 0. The molecular formula is C30H35NO3. The van der Waals surface area contributed by atoms with Gasteiger partial charge in [-0.25, -0.2) is 4.79 Å². The van der Waals surface area contributed by atoms with E-state index in [1.54, 1.807) is 6.92 Å². The van der Waals surface area contributed by atoms with Gasteiger partial charge in [-0.15, -0.1) is 0 Å². The Balaban J connectivity index is 1.58. The molecule has 4 nitrogen and oxygen atoms in total. The zero-order valence-electron chi connectivity index (χ0n) is 21.1. The fourth-order valence-corrected chi connectivity index (χ4v) is 3.96. The number of esters is 1. The van der Waals surface area contributed by atoms with E-state index in [-0.39, 0.29) is 23.9 Å². The zero-order valence-corrected chi connectivity index (χ0v) is 21.1. The molecule has 0 aliphatic heterocycles. The largest absolute Gasteiger partial charge is 0.457 e. The van der Waals surface area contributed by atoms with Crippen LogP contribution in [0.5, 0.6) is 0 Å². The second kappa shape index (κ2) is 10.7. The van der Waals surface area contributed by atoms with Crippen molar-refractivity contribution in [1.82, 2.24) is 4.90 Å². The smallest absolute Gasteiger partial charge is 0.338 e. The van der Waals surface area contributed by atoms with Crippen molar-refractivity contribution in [3.63, 3.8) is 0 Å². The number of aryl methyl sites for hydroxylation is 2. The highest BCUT2D eigenvalue weighted by atomic mass is 16.5. The van der Waals surface area contributed by atoms with E-state index in [1.807, 2.05) is 53.4 Å². The number of carbonyl (C=O) groups excluding carboxylic acids is 2. The SMILES string of the molecule is CC(=O)N(Cc1ccc(COC(=O)c2ccc(C(C)(C)C)cc2)cc1)Cc1cc(C)cc(C)c1. The van der Waals surface area contributed by atoms with Gasteiger partial charge in [-0.1, -0.05) is 86.5 Å². The van der Waals surface area contributed by atoms with Crippen molar-refractivity contribution in [3.05, 3.63) is 106 Å². The van der Waals surface area contributed by atoms with E-state index in [9.17, 15) is 9.59 Å². The van der Waals surface area contributed by atoms with Crippen LogP contribution in [0.25, 0.3) is 0 Å². The average molecular weight is 458 g/mol. The predicted molar refractivity (Wildman–Crippen MR) is 137 cm³/mol. The van der Waals surface area contributed by atoms with Crippen molar-refractivity contribution in [3.8, 4) is 0 Å². The van der Waals surface area contributed by atoms with Gasteiger partial charge < -0.3 is 9.64 Å². The van der Waals surface area contributed by atoms with Crippen LogP contribution in [0.15, 0.2) is 66.7 Å². The Morgan fingerprint density at radius 1 is 0.765 bits per heavy atom. The molecule has 0 fully saturated rings. The molecule has 4 heteroatoms. The summed E-state index contributed by atoms with van der Waals surface area (Å²) in [6.07, 6.45) is 0. The molecule has 0 radical (unpaired) electrons. The summed E-state index contributed by atoms with van der Waals surface area (Å²) >= 11 is 0. The fourth-order valence-electron chi connectivity index (χ4n) is 3.96. The van der Waals surface area contributed by atoms with E-state index < -0.39 is 0 Å². The van der Waals surface area contributed by atoms with Crippen molar-refractivity contribution in [2.24, 2.45) is 0 Å². The highest BCUT2D eigenvalue weighted by Gasteiger charge is 2.15. The van der Waals surface area contributed by atoms with Gasteiger partial charge in [-0.2, -0.15) is 0 Å². The van der Waals surface area contributed by atoms with E-state index in [0.717, 1.165) is 16.7 Å². The lowest BCUT2D eigenvalue weighted by Crippen LogP contribution is -2.27. The van der Waals surface area contributed by atoms with Crippen molar-refractivity contribution in [2.75, 3.05) is 0 Å². The van der Waals surface area contributed by atoms with Crippen LogP contribution < -0.4 is 0 Å². The van der Waals surface area contributed by atoms with Crippen LogP contribution >= 0.6 is 0 Å². The van der Waals surface area contributed by atoms with Crippen LogP contribution in [0.4, 0.5) is 0 Å². The Kier molecular flexibility index (Phi) is 7.93. The standard InChI is InChI=1S/C30H35NO3/c1-21-15-22(2)17-26(16-21)19-31(23(3)32)18-24-7-9-25(10-8-24)20-34-29(33)27-11-13-28(14-12-27)30(4,5)6/h7-17H,18-20H2,1-6H3. The summed E-state index contributed by atoms with van der Waals surface area (Å²) in [5.41, 5.74) is 7.24. The lowest BCUT2D eigenvalue weighted by atomic mass is 9.87. The number of carbonyl (C=O) groups is 2. The Labute approximate surface area is 203 Å². The van der Waals surface area contributed by atoms with E-state index in [0.29, 0.717) is 18.7 Å². The van der Waals surface area contributed by atoms with Gasteiger partial charge in [-0.3, -0.25) is 4.79 Å². The van der Waals surface area contributed by atoms with Crippen molar-refractivity contribution < 1.29 is 14.3 Å². The lowest BCUT2D eigenvalue weighted by molar-refractivity contribution is -0.130. The molecule has 0 bridgehead atoms. The molecule has 0 saturated carbocycles. The third kappa shape index (κ3) is 7.05. The van der Waals surface area contributed by atoms with Gasteiger partial charge in [0.15, 0.2) is 0 Å². The molecule has 3 aromatic rings. The van der Waals surface area contributed by atoms with Crippen LogP contribution in [-0.4, -0.2) is 16.8 Å². The second-order valence-electron chi connectivity index (χ2n) is 10.1. The molecule has 1 amide bonds. The molecule has 0 aromatic heterocycles. The summed E-state index contributed by atoms with van der Waals surface area (Å²) in [7, 11) is 0. The Bertz CT molecular complexity index is 1120. The summed E-state index contributed by atoms with van der Waals surface area (Å²) in [6.45, 7) is 13.5. The number of amides is 1. The Hall–Kier alpha value is -3.40. The maximum Gasteiger partial charge on any atom is 0.338 e. The number of benzene rings is 3. The molecule has 0 heterocycles. The highest BCUT2D eigenvalue weighted by molar-refractivity contribution is 5.89. The maximum atomic E-state index is 12.4. The fraction of sp³-hybridized carbons (Fsp3) is 0.333. The number of rotatable bonds is 7. The number of hydrogen-bond acceptors (Lipinski definition) is 3. The molecule has 34 heavy (non-hydrogen) atoms. The van der Waals surface area contributed by atoms with Crippen LogP contribution in [0.3, 0.4) is 0 Å². The van der Waals surface area contributed by atoms with Gasteiger partial charge in [0.1, 0.15) is 6.61 Å². The molecular weight excluding hydrogens is 422 g/mol. The summed E-state index contributed by atoms with van der Waals surface area (Å²) < 4.78 is 5.50. The van der Waals surface area contributed by atoms with Crippen molar-refractivity contribution in [2.45, 2.75) is 66.7 Å². The first-order valence-electron chi connectivity index (χ1n) is 11.7. The van der Waals surface area contributed by atoms with Crippen LogP contribution in [0, 0.1) is 13.8 Å². The minimum atomic E-state index is -0.333. The Morgan fingerprint density at radius 2 is 1.29 bits per heavy atom. The monoisotopic (exact) mass is 457 g/mol. The quantitative estimate of drug-likeness (QED) is 0.380. The first kappa shape index (κ1) is 25.2. The number of ether oxygens (including phenoxy) is 1. The average Bonchev–Trinajstić information content (AvgIpc) is 2.76. The molecule has 0 N–H and O–H groups in total. The number of hydrogen-bond donors (Lipinski definition) is 0. The minimum absolute atomic E-state index is 0.0367. The summed E-state index contributed by atoms with van der Waals surface area (Å²) in [5.74, 6) is -0.296. The van der Waals surface area contributed by atoms with E-state index in [2.05, 4.69) is 52.8 Å². The van der Waals surface area contributed by atoms with Gasteiger partial charge in [-0.05, 0) is 53.6 Å². The van der Waals surface area contributed by atoms with Gasteiger partial charge in [0.2, 0.25) is 5.91 Å². The van der Waals surface area contributed by atoms with Gasteiger partial charge >= 0.3 is 5.97 Å². The molecule has 0 atom stereocenters. The predicted octanol–water partition coefficient (Wildman–Crippen LogP) is 6.51. The first-order valence-corrected chi connectivity index (χ1v) is 11.7. The zero-order chi connectivity index (χ0) is 24.9. The van der Waals surface area contributed by atoms with Crippen molar-refractivity contribution in [1.29, 1.82) is 0 Å². The molecule has 178 valence electrons. The molecule has 0 spiro atoms. The first-order chi connectivity index (χ1) is 16.0. The lowest BCUT2D eigenvalue weighted by Gasteiger charge is -2.22. The van der Waals surface area contributed by atoms with Crippen LogP contribution in [0.2, 0.25) is 0 Å². The van der Waals surface area contributed by atoms with E-state index in [4.69, 9.17) is 4.74 Å². The molecule has 3 rings (SSSR count). The molecule has 0 aliphatic carbocycles. The highest BCUT2D eigenvalue weighted by Crippen LogP contribution is 2.22.